The van der Waals surface area contributed by atoms with E-state index in [2.05, 4.69) is 16.7 Å². The van der Waals surface area contributed by atoms with Gasteiger partial charge in [-0.2, -0.15) is 5.10 Å². The Morgan fingerprint density at radius 2 is 2.00 bits per heavy atom. The van der Waals surface area contributed by atoms with E-state index in [-0.39, 0.29) is 0 Å². The van der Waals surface area contributed by atoms with Crippen molar-refractivity contribution in [1.82, 2.24) is 9.78 Å². The molecule has 0 aliphatic carbocycles. The third-order valence-electron chi connectivity index (χ3n) is 3.02. The lowest BCUT2D eigenvalue weighted by atomic mass is 10.1. The fourth-order valence-corrected chi connectivity index (χ4v) is 2.02. The van der Waals surface area contributed by atoms with E-state index in [1.807, 2.05) is 6.92 Å². The van der Waals surface area contributed by atoms with Crippen molar-refractivity contribution < 1.29 is 9.47 Å². The molecule has 0 atom stereocenters. The molecule has 2 N–H and O–H groups in total. The summed E-state index contributed by atoms with van der Waals surface area (Å²) in [4.78, 5) is 0. The third-order valence-corrected chi connectivity index (χ3v) is 3.02. The van der Waals surface area contributed by atoms with Crippen LogP contribution in [0.2, 0.25) is 0 Å². The zero-order valence-corrected chi connectivity index (χ0v) is 11.7. The van der Waals surface area contributed by atoms with Crippen molar-refractivity contribution in [2.75, 3.05) is 33.5 Å². The number of rotatable bonds is 9. The summed E-state index contributed by atoms with van der Waals surface area (Å²) in [7, 11) is 1.68. The SMILES string of the molecule is COCCOCCCn1nc(C)c(CCN)c1C. The summed E-state index contributed by atoms with van der Waals surface area (Å²) in [5.74, 6) is 0. The molecule has 0 aromatic carbocycles. The van der Waals surface area contributed by atoms with E-state index < -0.39 is 0 Å². The summed E-state index contributed by atoms with van der Waals surface area (Å²) in [5.41, 5.74) is 9.22. The minimum absolute atomic E-state index is 0.653. The molecular weight excluding hydrogens is 230 g/mol. The fraction of sp³-hybridized carbons (Fsp3) is 0.769. The van der Waals surface area contributed by atoms with Gasteiger partial charge in [-0.15, -0.1) is 0 Å². The standard InChI is InChI=1S/C13H25N3O2/c1-11-13(5-6-14)12(2)16(15-11)7-4-8-18-10-9-17-3/h4-10,14H2,1-3H3. The Labute approximate surface area is 109 Å². The van der Waals surface area contributed by atoms with E-state index in [1.54, 1.807) is 7.11 Å². The van der Waals surface area contributed by atoms with E-state index in [9.17, 15) is 0 Å². The molecule has 0 saturated heterocycles. The highest BCUT2D eigenvalue weighted by Crippen LogP contribution is 2.13. The zero-order valence-electron chi connectivity index (χ0n) is 11.7. The van der Waals surface area contributed by atoms with Crippen LogP contribution < -0.4 is 5.73 Å². The number of nitrogens with two attached hydrogens (primary N) is 1. The number of nitrogens with zero attached hydrogens (tertiary/aromatic N) is 2. The molecule has 0 spiro atoms. The van der Waals surface area contributed by atoms with Crippen molar-refractivity contribution in [2.24, 2.45) is 5.73 Å². The van der Waals surface area contributed by atoms with Gasteiger partial charge in [-0.3, -0.25) is 4.68 Å². The van der Waals surface area contributed by atoms with Gasteiger partial charge in [-0.1, -0.05) is 0 Å². The average molecular weight is 255 g/mol. The second kappa shape index (κ2) is 8.24. The van der Waals surface area contributed by atoms with Crippen LogP contribution >= 0.6 is 0 Å². The number of methoxy groups -OCH3 is 1. The van der Waals surface area contributed by atoms with Crippen LogP contribution in [-0.2, 0) is 22.4 Å². The first-order valence-corrected chi connectivity index (χ1v) is 6.50. The molecule has 0 amide bonds. The Hall–Kier alpha value is -0.910. The van der Waals surface area contributed by atoms with Crippen LogP contribution in [0.1, 0.15) is 23.4 Å². The normalized spacial score (nSPS) is 11.1. The zero-order chi connectivity index (χ0) is 13.4. The van der Waals surface area contributed by atoms with Crippen LogP contribution in [0.4, 0.5) is 0 Å². The fourth-order valence-electron chi connectivity index (χ4n) is 2.02. The largest absolute Gasteiger partial charge is 0.382 e. The van der Waals surface area contributed by atoms with Crippen molar-refractivity contribution in [3.05, 3.63) is 17.0 Å². The summed E-state index contributed by atoms with van der Waals surface area (Å²) in [6.45, 7) is 7.78. The van der Waals surface area contributed by atoms with E-state index >= 15 is 0 Å². The van der Waals surface area contributed by atoms with Gasteiger partial charge in [0.15, 0.2) is 0 Å². The van der Waals surface area contributed by atoms with Gasteiger partial charge in [0.25, 0.3) is 0 Å². The molecule has 5 heteroatoms. The number of hydrogen-bond donors (Lipinski definition) is 1. The van der Waals surface area contributed by atoms with Crippen LogP contribution in [-0.4, -0.2) is 43.3 Å². The van der Waals surface area contributed by atoms with E-state index in [0.29, 0.717) is 19.8 Å². The number of aromatic nitrogens is 2. The first kappa shape index (κ1) is 15.1. The van der Waals surface area contributed by atoms with Gasteiger partial charge in [0.1, 0.15) is 0 Å². The molecule has 0 unspecified atom stereocenters. The van der Waals surface area contributed by atoms with Crippen molar-refractivity contribution in [2.45, 2.75) is 33.2 Å². The summed E-state index contributed by atoms with van der Waals surface area (Å²) in [6.07, 6.45) is 1.87. The molecule has 104 valence electrons. The third kappa shape index (κ3) is 4.40. The lowest BCUT2D eigenvalue weighted by Gasteiger charge is -2.06. The van der Waals surface area contributed by atoms with Gasteiger partial charge < -0.3 is 15.2 Å². The first-order valence-electron chi connectivity index (χ1n) is 6.50. The molecule has 0 saturated carbocycles. The Morgan fingerprint density at radius 3 is 2.67 bits per heavy atom. The van der Waals surface area contributed by atoms with Crippen molar-refractivity contribution in [3.8, 4) is 0 Å². The predicted molar refractivity (Wildman–Crippen MR) is 71.8 cm³/mol. The highest BCUT2D eigenvalue weighted by molar-refractivity contribution is 5.24. The quantitative estimate of drug-likeness (QED) is 0.670. The second-order valence-corrected chi connectivity index (χ2v) is 4.37. The highest BCUT2D eigenvalue weighted by Gasteiger charge is 2.09. The average Bonchev–Trinajstić information content (AvgIpc) is 2.62. The molecule has 0 fully saturated rings. The predicted octanol–water partition coefficient (Wildman–Crippen LogP) is 1.05. The minimum atomic E-state index is 0.653. The maximum Gasteiger partial charge on any atom is 0.0700 e. The van der Waals surface area contributed by atoms with E-state index in [4.69, 9.17) is 15.2 Å². The van der Waals surface area contributed by atoms with Crippen LogP contribution in [0, 0.1) is 13.8 Å². The molecule has 0 bridgehead atoms. The summed E-state index contributed by atoms with van der Waals surface area (Å²) in [5, 5.41) is 4.54. The monoisotopic (exact) mass is 255 g/mol. The van der Waals surface area contributed by atoms with Crippen molar-refractivity contribution in [3.63, 3.8) is 0 Å². The Bertz CT molecular complexity index is 350. The first-order chi connectivity index (χ1) is 8.70. The molecule has 1 rings (SSSR count). The Balaban J connectivity index is 2.36. The van der Waals surface area contributed by atoms with E-state index in [0.717, 1.165) is 31.7 Å². The smallest absolute Gasteiger partial charge is 0.0700 e. The maximum absolute atomic E-state index is 5.61. The van der Waals surface area contributed by atoms with Crippen LogP contribution in [0.15, 0.2) is 0 Å². The Kier molecular flexibility index (Phi) is 6.93. The molecule has 5 nitrogen and oxygen atoms in total. The lowest BCUT2D eigenvalue weighted by Crippen LogP contribution is -2.09. The summed E-state index contributed by atoms with van der Waals surface area (Å²) >= 11 is 0. The van der Waals surface area contributed by atoms with Gasteiger partial charge in [-0.25, -0.2) is 0 Å². The Morgan fingerprint density at radius 1 is 1.22 bits per heavy atom. The summed E-state index contributed by atoms with van der Waals surface area (Å²) in [6, 6.07) is 0. The maximum atomic E-state index is 5.61. The van der Waals surface area contributed by atoms with E-state index in [1.165, 1.54) is 11.3 Å². The molecule has 1 heterocycles. The molecule has 0 aliphatic rings. The molecule has 18 heavy (non-hydrogen) atoms. The number of hydrogen-bond acceptors (Lipinski definition) is 4. The van der Waals surface area contributed by atoms with Crippen LogP contribution in [0.5, 0.6) is 0 Å². The number of ether oxygens (including phenoxy) is 2. The minimum Gasteiger partial charge on any atom is -0.382 e. The van der Waals surface area contributed by atoms with Gasteiger partial charge in [0.2, 0.25) is 0 Å². The van der Waals surface area contributed by atoms with Crippen molar-refractivity contribution >= 4 is 0 Å². The van der Waals surface area contributed by atoms with Crippen molar-refractivity contribution in [1.29, 1.82) is 0 Å². The number of aryl methyl sites for hydroxylation is 2. The lowest BCUT2D eigenvalue weighted by molar-refractivity contribution is 0.0676. The van der Waals surface area contributed by atoms with Crippen LogP contribution in [0.25, 0.3) is 0 Å². The molecule has 1 aromatic heterocycles. The van der Waals surface area contributed by atoms with Gasteiger partial charge in [0, 0.05) is 26.0 Å². The molecule has 1 aromatic rings. The molecule has 0 aliphatic heterocycles. The van der Waals surface area contributed by atoms with Crippen LogP contribution in [0.3, 0.4) is 0 Å². The van der Waals surface area contributed by atoms with Gasteiger partial charge in [-0.05, 0) is 38.8 Å². The molecular formula is C13H25N3O2. The highest BCUT2D eigenvalue weighted by atomic mass is 16.5. The van der Waals surface area contributed by atoms with Gasteiger partial charge >= 0.3 is 0 Å². The van der Waals surface area contributed by atoms with Gasteiger partial charge in [0.05, 0.1) is 18.9 Å². The second-order valence-electron chi connectivity index (χ2n) is 4.37. The summed E-state index contributed by atoms with van der Waals surface area (Å²) < 4.78 is 12.4. The molecule has 0 radical (unpaired) electrons. The topological polar surface area (TPSA) is 62.3 Å².